The Hall–Kier alpha value is -1.11. The van der Waals surface area contributed by atoms with E-state index in [-0.39, 0.29) is 16.4 Å². The SMILES string of the molecule is CC(Br)CC(C)NC(=O)c1ccc(F)c(C(F)(F)F)c1. The molecule has 20 heavy (non-hydrogen) atoms. The van der Waals surface area contributed by atoms with Crippen LogP contribution in [0.15, 0.2) is 18.2 Å². The lowest BCUT2D eigenvalue weighted by Crippen LogP contribution is -2.34. The summed E-state index contributed by atoms with van der Waals surface area (Å²) in [4.78, 5) is 12.0. The maximum Gasteiger partial charge on any atom is 0.419 e. The third-order valence-electron chi connectivity index (χ3n) is 2.59. The second kappa shape index (κ2) is 6.56. The molecule has 0 aliphatic heterocycles. The van der Waals surface area contributed by atoms with E-state index in [1.165, 1.54) is 0 Å². The quantitative estimate of drug-likeness (QED) is 0.638. The van der Waals surface area contributed by atoms with Gasteiger partial charge < -0.3 is 5.32 Å². The summed E-state index contributed by atoms with van der Waals surface area (Å²) < 4.78 is 50.8. The fourth-order valence-electron chi connectivity index (χ4n) is 1.74. The van der Waals surface area contributed by atoms with Crippen LogP contribution in [-0.4, -0.2) is 16.8 Å². The minimum absolute atomic E-state index is 0.164. The molecule has 0 saturated heterocycles. The zero-order valence-electron chi connectivity index (χ0n) is 10.9. The summed E-state index contributed by atoms with van der Waals surface area (Å²) in [5.41, 5.74) is -1.65. The van der Waals surface area contributed by atoms with E-state index in [9.17, 15) is 22.4 Å². The number of rotatable bonds is 4. The highest BCUT2D eigenvalue weighted by atomic mass is 79.9. The fraction of sp³-hybridized carbons (Fsp3) is 0.462. The molecule has 0 aliphatic carbocycles. The molecule has 0 aromatic heterocycles. The van der Waals surface area contributed by atoms with Gasteiger partial charge >= 0.3 is 6.18 Å². The highest BCUT2D eigenvalue weighted by Gasteiger charge is 2.34. The number of carbonyl (C=O) groups excluding carboxylic acids is 1. The molecule has 2 unspecified atom stereocenters. The molecule has 0 bridgehead atoms. The van der Waals surface area contributed by atoms with Gasteiger partial charge in [-0.3, -0.25) is 4.79 Å². The Morgan fingerprint density at radius 2 is 1.95 bits per heavy atom. The molecule has 0 aliphatic rings. The highest BCUT2D eigenvalue weighted by molar-refractivity contribution is 9.09. The maximum absolute atomic E-state index is 13.1. The van der Waals surface area contributed by atoms with Crippen molar-refractivity contribution in [2.45, 2.75) is 37.3 Å². The highest BCUT2D eigenvalue weighted by Crippen LogP contribution is 2.31. The largest absolute Gasteiger partial charge is 0.419 e. The second-order valence-corrected chi connectivity index (χ2v) is 6.15. The summed E-state index contributed by atoms with van der Waals surface area (Å²) in [5.74, 6) is -2.05. The van der Waals surface area contributed by atoms with Gasteiger partial charge in [-0.15, -0.1) is 0 Å². The average Bonchev–Trinajstić information content (AvgIpc) is 2.26. The van der Waals surface area contributed by atoms with Gasteiger partial charge in [0.1, 0.15) is 5.82 Å². The van der Waals surface area contributed by atoms with E-state index in [0.29, 0.717) is 18.6 Å². The Morgan fingerprint density at radius 3 is 2.45 bits per heavy atom. The Labute approximate surface area is 122 Å². The topological polar surface area (TPSA) is 29.1 Å². The minimum Gasteiger partial charge on any atom is -0.350 e. The third kappa shape index (κ3) is 4.77. The molecule has 0 saturated carbocycles. The van der Waals surface area contributed by atoms with Crippen molar-refractivity contribution in [3.63, 3.8) is 0 Å². The van der Waals surface area contributed by atoms with Crippen molar-refractivity contribution < 1.29 is 22.4 Å². The van der Waals surface area contributed by atoms with Crippen molar-refractivity contribution in [3.8, 4) is 0 Å². The predicted molar refractivity (Wildman–Crippen MR) is 71.3 cm³/mol. The van der Waals surface area contributed by atoms with Crippen LogP contribution in [0.2, 0.25) is 0 Å². The summed E-state index contributed by atoms with van der Waals surface area (Å²) >= 11 is 3.32. The first-order valence-electron chi connectivity index (χ1n) is 5.93. The first kappa shape index (κ1) is 16.9. The average molecular weight is 356 g/mol. The van der Waals surface area contributed by atoms with Crippen molar-refractivity contribution in [2.24, 2.45) is 0 Å². The molecule has 7 heteroatoms. The van der Waals surface area contributed by atoms with E-state index in [1.807, 2.05) is 6.92 Å². The van der Waals surface area contributed by atoms with Crippen LogP contribution in [0.4, 0.5) is 17.6 Å². The maximum atomic E-state index is 13.1. The molecule has 1 aromatic rings. The van der Waals surface area contributed by atoms with Crippen molar-refractivity contribution in [1.29, 1.82) is 0 Å². The number of hydrogen-bond donors (Lipinski definition) is 1. The Bertz CT molecular complexity index is 488. The normalized spacial score (nSPS) is 14.8. The summed E-state index contributed by atoms with van der Waals surface area (Å²) in [5, 5.41) is 2.57. The van der Waals surface area contributed by atoms with Gasteiger partial charge in [-0.05, 0) is 31.5 Å². The molecular weight excluding hydrogens is 342 g/mol. The third-order valence-corrected chi connectivity index (χ3v) is 2.96. The first-order valence-corrected chi connectivity index (χ1v) is 6.84. The predicted octanol–water partition coefficient (Wildman–Crippen LogP) is 4.14. The summed E-state index contributed by atoms with van der Waals surface area (Å²) in [6, 6.07) is 1.99. The molecule has 1 N–H and O–H groups in total. The number of hydrogen-bond acceptors (Lipinski definition) is 1. The fourth-order valence-corrected chi connectivity index (χ4v) is 2.30. The smallest absolute Gasteiger partial charge is 0.350 e. The number of alkyl halides is 4. The first-order chi connectivity index (χ1) is 9.11. The van der Waals surface area contributed by atoms with Gasteiger partial charge in [-0.1, -0.05) is 22.9 Å². The van der Waals surface area contributed by atoms with E-state index in [2.05, 4.69) is 21.2 Å². The van der Waals surface area contributed by atoms with Gasteiger partial charge in [0.05, 0.1) is 5.56 Å². The zero-order chi connectivity index (χ0) is 15.5. The van der Waals surface area contributed by atoms with Crippen LogP contribution in [0.1, 0.15) is 36.2 Å². The van der Waals surface area contributed by atoms with E-state index in [4.69, 9.17) is 0 Å². The summed E-state index contributed by atoms with van der Waals surface area (Å²) in [6.45, 7) is 3.63. The van der Waals surface area contributed by atoms with Crippen LogP contribution in [0.5, 0.6) is 0 Å². The van der Waals surface area contributed by atoms with Crippen molar-refractivity contribution >= 4 is 21.8 Å². The molecule has 2 atom stereocenters. The van der Waals surface area contributed by atoms with Gasteiger partial charge in [-0.25, -0.2) is 4.39 Å². The molecule has 0 fully saturated rings. The molecule has 0 spiro atoms. The Balaban J connectivity index is 2.89. The lowest BCUT2D eigenvalue weighted by Gasteiger charge is -2.16. The summed E-state index contributed by atoms with van der Waals surface area (Å²) in [7, 11) is 0. The van der Waals surface area contributed by atoms with Crippen molar-refractivity contribution in [3.05, 3.63) is 35.1 Å². The second-order valence-electron chi connectivity index (χ2n) is 4.58. The van der Waals surface area contributed by atoms with Crippen LogP contribution < -0.4 is 5.32 Å². The van der Waals surface area contributed by atoms with Crippen LogP contribution in [-0.2, 0) is 6.18 Å². The molecule has 2 nitrogen and oxygen atoms in total. The Kier molecular flexibility index (Phi) is 5.56. The molecular formula is C13H14BrF4NO. The van der Waals surface area contributed by atoms with Crippen LogP contribution in [0.3, 0.4) is 0 Å². The standard InChI is InChI=1S/C13H14BrF4NO/c1-7(14)5-8(2)19-12(20)9-3-4-11(15)10(6-9)13(16,17)18/h3-4,6-8H,5H2,1-2H3,(H,19,20). The molecule has 0 heterocycles. The number of halogens is 5. The number of nitrogens with one attached hydrogen (secondary N) is 1. The summed E-state index contributed by atoms with van der Waals surface area (Å²) in [6.07, 6.45) is -4.20. The van der Waals surface area contributed by atoms with E-state index >= 15 is 0 Å². The molecule has 0 radical (unpaired) electrons. The lowest BCUT2D eigenvalue weighted by atomic mass is 10.1. The van der Waals surface area contributed by atoms with E-state index in [1.54, 1.807) is 6.92 Å². The zero-order valence-corrected chi connectivity index (χ0v) is 12.5. The monoisotopic (exact) mass is 355 g/mol. The molecule has 1 amide bonds. The number of carbonyl (C=O) groups is 1. The van der Waals surface area contributed by atoms with Crippen LogP contribution >= 0.6 is 15.9 Å². The Morgan fingerprint density at radius 1 is 1.35 bits per heavy atom. The van der Waals surface area contributed by atoms with Gasteiger partial charge in [-0.2, -0.15) is 13.2 Å². The number of benzene rings is 1. The minimum atomic E-state index is -4.82. The van der Waals surface area contributed by atoms with E-state index < -0.39 is 23.5 Å². The van der Waals surface area contributed by atoms with Crippen LogP contribution in [0.25, 0.3) is 0 Å². The lowest BCUT2D eigenvalue weighted by molar-refractivity contribution is -0.140. The number of amides is 1. The molecule has 1 rings (SSSR count). The van der Waals surface area contributed by atoms with Gasteiger partial charge in [0.15, 0.2) is 0 Å². The van der Waals surface area contributed by atoms with Gasteiger partial charge in [0.25, 0.3) is 5.91 Å². The van der Waals surface area contributed by atoms with E-state index in [0.717, 1.165) is 6.07 Å². The van der Waals surface area contributed by atoms with Gasteiger partial charge in [0.2, 0.25) is 0 Å². The van der Waals surface area contributed by atoms with Gasteiger partial charge in [0, 0.05) is 16.4 Å². The van der Waals surface area contributed by atoms with Crippen molar-refractivity contribution in [1.82, 2.24) is 5.32 Å². The van der Waals surface area contributed by atoms with Crippen LogP contribution in [0, 0.1) is 5.82 Å². The van der Waals surface area contributed by atoms with Crippen molar-refractivity contribution in [2.75, 3.05) is 0 Å². The molecule has 112 valence electrons. The molecule has 1 aromatic carbocycles.